The zero-order valence-electron chi connectivity index (χ0n) is 7.96. The van der Waals surface area contributed by atoms with Gasteiger partial charge in [0.25, 0.3) is 0 Å². The van der Waals surface area contributed by atoms with Crippen LogP contribution in [0, 0.1) is 11.3 Å². The molecule has 0 amide bonds. The Kier molecular flexibility index (Phi) is 4.92. The van der Waals surface area contributed by atoms with Gasteiger partial charge in [0.1, 0.15) is 0 Å². The highest BCUT2D eigenvalue weighted by molar-refractivity contribution is 7.17. The lowest BCUT2D eigenvalue weighted by Gasteiger charge is -2.09. The smallest absolute Gasteiger partial charge is 0.327 e. The van der Waals surface area contributed by atoms with Crippen LogP contribution in [0.2, 0.25) is 0 Å². The first-order valence-corrected chi connectivity index (χ1v) is 5.13. The van der Waals surface area contributed by atoms with E-state index in [0.29, 0.717) is 17.5 Å². The molecule has 0 aliphatic carbocycles. The van der Waals surface area contributed by atoms with E-state index in [1.54, 1.807) is 24.3 Å². The standard InChI is InChI=1S/C10H10NO3P/c11-7-8-2-1-3-9(6-8)10(12)4-5-14-15-13/h1-3,6,10,12H,4-5H2/t10-/m0/s1. The van der Waals surface area contributed by atoms with Gasteiger partial charge in [-0.25, -0.2) is 4.57 Å². The van der Waals surface area contributed by atoms with Gasteiger partial charge in [-0.1, -0.05) is 12.1 Å². The lowest BCUT2D eigenvalue weighted by molar-refractivity contribution is 0.144. The molecule has 0 aliphatic heterocycles. The molecule has 1 rings (SSSR count). The molecule has 15 heavy (non-hydrogen) atoms. The summed E-state index contributed by atoms with van der Waals surface area (Å²) in [5.74, 6) is 0. The number of nitrogens with zero attached hydrogens (tertiary/aromatic N) is 1. The third kappa shape index (κ3) is 3.77. The molecule has 1 atom stereocenters. The zero-order valence-corrected chi connectivity index (χ0v) is 8.85. The maximum atomic E-state index is 9.97. The summed E-state index contributed by atoms with van der Waals surface area (Å²) in [5.41, 5.74) is 1.18. The van der Waals surface area contributed by atoms with Crippen LogP contribution in [0.4, 0.5) is 0 Å². The highest BCUT2D eigenvalue weighted by Crippen LogP contribution is 2.18. The first-order chi connectivity index (χ1) is 7.27. The molecule has 0 unspecified atom stereocenters. The molecule has 0 saturated heterocycles. The van der Waals surface area contributed by atoms with E-state index in [1.165, 1.54) is 0 Å². The van der Waals surface area contributed by atoms with Gasteiger partial charge in [-0.05, 0) is 17.7 Å². The average molecular weight is 223 g/mol. The van der Waals surface area contributed by atoms with Gasteiger partial charge in [0.15, 0.2) is 0 Å². The fourth-order valence-corrected chi connectivity index (χ4v) is 1.36. The Labute approximate surface area is 89.4 Å². The Morgan fingerprint density at radius 3 is 3.07 bits per heavy atom. The third-order valence-electron chi connectivity index (χ3n) is 1.94. The van der Waals surface area contributed by atoms with Crippen LogP contribution in [0.25, 0.3) is 0 Å². The summed E-state index contributed by atoms with van der Waals surface area (Å²) in [6.45, 7) is 0.211. The lowest BCUT2D eigenvalue weighted by Crippen LogP contribution is -2.00. The van der Waals surface area contributed by atoms with Crippen LogP contribution in [0.15, 0.2) is 24.3 Å². The monoisotopic (exact) mass is 223 g/mol. The summed E-state index contributed by atoms with van der Waals surface area (Å²) in [5, 5.41) is 18.3. The van der Waals surface area contributed by atoms with Crippen molar-refractivity contribution < 1.29 is 14.2 Å². The molecule has 4 nitrogen and oxygen atoms in total. The first kappa shape index (κ1) is 11.8. The fourth-order valence-electron chi connectivity index (χ4n) is 1.18. The third-order valence-corrected chi connectivity index (χ3v) is 2.22. The minimum absolute atomic E-state index is 0.211. The molecule has 78 valence electrons. The minimum atomic E-state index is -0.694. The molecule has 0 aliphatic rings. The largest absolute Gasteiger partial charge is 0.388 e. The molecule has 0 heterocycles. The second kappa shape index (κ2) is 6.26. The first-order valence-electron chi connectivity index (χ1n) is 4.40. The summed E-state index contributed by atoms with van der Waals surface area (Å²) in [4.78, 5) is 0. The Hall–Kier alpha value is -1.27. The van der Waals surface area contributed by atoms with E-state index in [-0.39, 0.29) is 15.3 Å². The quantitative estimate of drug-likeness (QED) is 0.613. The van der Waals surface area contributed by atoms with E-state index >= 15 is 0 Å². The summed E-state index contributed by atoms with van der Waals surface area (Å²) < 4.78 is 14.5. The van der Waals surface area contributed by atoms with Crippen molar-refractivity contribution in [3.8, 4) is 6.07 Å². The molecule has 0 spiro atoms. The average Bonchev–Trinajstić information content (AvgIpc) is 2.29. The summed E-state index contributed by atoms with van der Waals surface area (Å²) in [6.07, 6.45) is -0.343. The van der Waals surface area contributed by atoms with Crippen LogP contribution in [-0.2, 0) is 9.09 Å². The Balaban J connectivity index is 2.61. The number of aliphatic hydroxyl groups excluding tert-OH is 1. The van der Waals surface area contributed by atoms with Gasteiger partial charge < -0.3 is 5.11 Å². The van der Waals surface area contributed by atoms with Gasteiger partial charge in [0, 0.05) is 6.42 Å². The van der Waals surface area contributed by atoms with Crippen molar-refractivity contribution in [1.82, 2.24) is 0 Å². The molecule has 0 bridgehead atoms. The van der Waals surface area contributed by atoms with Crippen molar-refractivity contribution in [3.05, 3.63) is 35.4 Å². The van der Waals surface area contributed by atoms with Crippen LogP contribution in [0.3, 0.4) is 0 Å². The number of nitriles is 1. The van der Waals surface area contributed by atoms with Crippen molar-refractivity contribution in [3.63, 3.8) is 0 Å². The van der Waals surface area contributed by atoms with Crippen molar-refractivity contribution in [2.75, 3.05) is 6.61 Å². The fraction of sp³-hybridized carbons (Fsp3) is 0.300. The van der Waals surface area contributed by atoms with E-state index in [2.05, 4.69) is 4.52 Å². The van der Waals surface area contributed by atoms with Crippen molar-refractivity contribution >= 4 is 8.69 Å². The molecular formula is C10H10NO3P. The normalized spacial score (nSPS) is 12.3. The van der Waals surface area contributed by atoms with Gasteiger partial charge in [0.05, 0.1) is 24.3 Å². The number of hydrogen-bond acceptors (Lipinski definition) is 4. The molecular weight excluding hydrogens is 213 g/mol. The second-order valence-electron chi connectivity index (χ2n) is 2.95. The molecule has 0 aromatic heterocycles. The van der Waals surface area contributed by atoms with Crippen LogP contribution in [-0.4, -0.2) is 11.7 Å². The highest BCUT2D eigenvalue weighted by atomic mass is 31.1. The summed E-state index contributed by atoms with van der Waals surface area (Å²) in [6, 6.07) is 8.74. The van der Waals surface area contributed by atoms with Gasteiger partial charge >= 0.3 is 8.69 Å². The molecule has 0 radical (unpaired) electrons. The van der Waals surface area contributed by atoms with Crippen LogP contribution < -0.4 is 0 Å². The van der Waals surface area contributed by atoms with Gasteiger partial charge in [-0.15, -0.1) is 0 Å². The number of benzene rings is 1. The summed E-state index contributed by atoms with van der Waals surface area (Å²) in [7, 11) is -0.384. The van der Waals surface area contributed by atoms with Gasteiger partial charge in [-0.3, -0.25) is 4.52 Å². The van der Waals surface area contributed by atoms with Crippen molar-refractivity contribution in [2.45, 2.75) is 12.5 Å². The minimum Gasteiger partial charge on any atom is -0.388 e. The molecule has 0 fully saturated rings. The molecule has 5 heteroatoms. The topological polar surface area (TPSA) is 70.3 Å². The molecule has 1 aromatic carbocycles. The van der Waals surface area contributed by atoms with Crippen LogP contribution >= 0.6 is 8.69 Å². The maximum Gasteiger partial charge on any atom is 0.327 e. The van der Waals surface area contributed by atoms with E-state index in [1.807, 2.05) is 6.07 Å². The predicted octanol–water partition coefficient (Wildman–Crippen LogP) is 2.21. The van der Waals surface area contributed by atoms with Gasteiger partial charge in [0.2, 0.25) is 0 Å². The van der Waals surface area contributed by atoms with Crippen LogP contribution in [0.5, 0.6) is 0 Å². The van der Waals surface area contributed by atoms with E-state index in [0.717, 1.165) is 0 Å². The predicted molar refractivity (Wildman–Crippen MR) is 54.3 cm³/mol. The van der Waals surface area contributed by atoms with E-state index in [9.17, 15) is 9.67 Å². The number of hydrogen-bond donors (Lipinski definition) is 1. The number of aliphatic hydroxyl groups is 1. The highest BCUT2D eigenvalue weighted by Gasteiger charge is 2.07. The van der Waals surface area contributed by atoms with E-state index in [4.69, 9.17) is 5.26 Å². The molecule has 1 aromatic rings. The lowest BCUT2D eigenvalue weighted by atomic mass is 10.0. The number of rotatable bonds is 5. The summed E-state index contributed by atoms with van der Waals surface area (Å²) >= 11 is 0. The zero-order chi connectivity index (χ0) is 11.1. The van der Waals surface area contributed by atoms with Gasteiger partial charge in [-0.2, -0.15) is 5.26 Å². The van der Waals surface area contributed by atoms with Crippen molar-refractivity contribution in [1.29, 1.82) is 5.26 Å². The van der Waals surface area contributed by atoms with Crippen LogP contribution in [0.1, 0.15) is 23.7 Å². The Morgan fingerprint density at radius 1 is 1.60 bits per heavy atom. The molecule has 1 N–H and O–H groups in total. The Bertz CT molecular complexity index is 375. The van der Waals surface area contributed by atoms with Crippen molar-refractivity contribution in [2.24, 2.45) is 0 Å². The SMILES string of the molecule is N#Cc1cccc([C@@H](O)CCOP=O)c1. The second-order valence-corrected chi connectivity index (χ2v) is 3.36. The maximum absolute atomic E-state index is 9.97. The molecule has 0 saturated carbocycles. The van der Waals surface area contributed by atoms with E-state index < -0.39 is 6.10 Å². The Morgan fingerprint density at radius 2 is 2.40 bits per heavy atom.